The van der Waals surface area contributed by atoms with Crippen LogP contribution < -0.4 is 16.4 Å². The van der Waals surface area contributed by atoms with Crippen molar-refractivity contribution >= 4 is 17.6 Å². The van der Waals surface area contributed by atoms with Crippen LogP contribution in [-0.2, 0) is 0 Å². The summed E-state index contributed by atoms with van der Waals surface area (Å²) in [5.74, 6) is -0.123. The van der Waals surface area contributed by atoms with Crippen LogP contribution in [0, 0.1) is 13.8 Å². The molecule has 144 valence electrons. The maximum Gasteiger partial charge on any atom is 0.316 e. The third kappa shape index (κ3) is 4.06. The van der Waals surface area contributed by atoms with Gasteiger partial charge in [-0.15, -0.1) is 0 Å². The highest BCUT2D eigenvalue weighted by atomic mass is 16.2. The lowest BCUT2D eigenvalue weighted by Crippen LogP contribution is -2.27. The molecule has 2 aromatic carbocycles. The fraction of sp³-hybridized carbons (Fsp3) is 0.182. The van der Waals surface area contributed by atoms with E-state index in [9.17, 15) is 9.59 Å². The van der Waals surface area contributed by atoms with E-state index < -0.39 is 6.03 Å². The Morgan fingerprint density at radius 2 is 1.64 bits per heavy atom. The predicted octanol–water partition coefficient (Wildman–Crippen LogP) is 4.08. The molecule has 3 amide bonds. The minimum absolute atomic E-state index is 0.123. The second-order valence-corrected chi connectivity index (χ2v) is 6.76. The molecule has 0 aliphatic heterocycles. The van der Waals surface area contributed by atoms with Crippen molar-refractivity contribution in [2.75, 3.05) is 5.32 Å². The highest BCUT2D eigenvalue weighted by Crippen LogP contribution is 2.22. The smallest absolute Gasteiger partial charge is 0.316 e. The van der Waals surface area contributed by atoms with Gasteiger partial charge in [-0.05, 0) is 56.7 Å². The average Bonchev–Trinajstić information content (AvgIpc) is 2.97. The maximum absolute atomic E-state index is 12.9. The third-order valence-electron chi connectivity index (χ3n) is 4.72. The molecule has 0 radical (unpaired) electrons. The second kappa shape index (κ2) is 8.00. The Bertz CT molecular complexity index is 991. The summed E-state index contributed by atoms with van der Waals surface area (Å²) in [6, 6.07) is 18.3. The molecule has 0 aliphatic carbocycles. The zero-order valence-corrected chi connectivity index (χ0v) is 16.2. The van der Waals surface area contributed by atoms with Gasteiger partial charge in [0.05, 0.1) is 11.6 Å². The van der Waals surface area contributed by atoms with Gasteiger partial charge >= 0.3 is 6.03 Å². The number of para-hydroxylation sites is 1. The lowest BCUT2D eigenvalue weighted by atomic mass is 10.1. The van der Waals surface area contributed by atoms with E-state index in [2.05, 4.69) is 15.2 Å². The molecule has 4 N–H and O–H groups in total. The summed E-state index contributed by atoms with van der Waals surface area (Å²) >= 11 is 0. The van der Waals surface area contributed by atoms with E-state index in [1.807, 2.05) is 69.3 Å². The molecule has 0 fully saturated rings. The molecule has 6 nitrogen and oxygen atoms in total. The second-order valence-electron chi connectivity index (χ2n) is 6.76. The Morgan fingerprint density at radius 3 is 2.25 bits per heavy atom. The number of hydrogen-bond donors (Lipinski definition) is 3. The van der Waals surface area contributed by atoms with Crippen molar-refractivity contribution in [3.05, 3.63) is 83.2 Å². The quantitative estimate of drug-likeness (QED) is 0.626. The van der Waals surface area contributed by atoms with E-state index in [1.165, 1.54) is 0 Å². The molecule has 3 aromatic rings. The number of benzene rings is 2. The number of nitrogens with two attached hydrogens (primary N) is 1. The molecule has 1 atom stereocenters. The van der Waals surface area contributed by atoms with Gasteiger partial charge in [0.1, 0.15) is 0 Å². The Balaban J connectivity index is 1.77. The van der Waals surface area contributed by atoms with Crippen molar-refractivity contribution in [2.45, 2.75) is 26.8 Å². The summed E-state index contributed by atoms with van der Waals surface area (Å²) in [6.45, 7) is 5.86. The fourth-order valence-corrected chi connectivity index (χ4v) is 3.32. The van der Waals surface area contributed by atoms with Crippen LogP contribution >= 0.6 is 0 Å². The molecule has 1 aromatic heterocycles. The number of rotatable bonds is 5. The Kier molecular flexibility index (Phi) is 5.49. The number of aromatic nitrogens is 1. The van der Waals surface area contributed by atoms with Crippen LogP contribution in [0.1, 0.15) is 40.3 Å². The van der Waals surface area contributed by atoms with Gasteiger partial charge in [0.2, 0.25) is 0 Å². The van der Waals surface area contributed by atoms with Crippen molar-refractivity contribution < 1.29 is 9.59 Å². The molecule has 1 unspecified atom stereocenters. The number of nitrogens with one attached hydrogen (secondary N) is 2. The van der Waals surface area contributed by atoms with E-state index in [0.717, 1.165) is 22.6 Å². The van der Waals surface area contributed by atoms with Crippen LogP contribution in [0.25, 0.3) is 5.69 Å². The van der Waals surface area contributed by atoms with Crippen LogP contribution in [0.3, 0.4) is 0 Å². The van der Waals surface area contributed by atoms with Crippen molar-refractivity contribution in [3.63, 3.8) is 0 Å². The van der Waals surface area contributed by atoms with E-state index in [1.54, 1.807) is 12.1 Å². The topological polar surface area (TPSA) is 89.2 Å². The monoisotopic (exact) mass is 376 g/mol. The molecule has 0 saturated carbocycles. The summed E-state index contributed by atoms with van der Waals surface area (Å²) in [7, 11) is 0. The molecule has 1 heterocycles. The molecule has 3 rings (SSSR count). The summed E-state index contributed by atoms with van der Waals surface area (Å²) in [6.07, 6.45) is 0. The molecule has 6 heteroatoms. The number of carbonyl (C=O) groups excluding carboxylic acids is 2. The average molecular weight is 376 g/mol. The summed E-state index contributed by atoms with van der Waals surface area (Å²) in [4.78, 5) is 23.8. The molecule has 0 bridgehead atoms. The lowest BCUT2D eigenvalue weighted by Gasteiger charge is -2.15. The van der Waals surface area contributed by atoms with E-state index in [0.29, 0.717) is 11.3 Å². The Labute approximate surface area is 164 Å². The predicted molar refractivity (Wildman–Crippen MR) is 111 cm³/mol. The number of hydrogen-bond acceptors (Lipinski definition) is 2. The lowest BCUT2D eigenvalue weighted by molar-refractivity contribution is 0.0939. The summed E-state index contributed by atoms with van der Waals surface area (Å²) in [5, 5.41) is 5.56. The number of amides is 3. The number of carbonyl (C=O) groups is 2. The molecule has 0 saturated heterocycles. The molecule has 0 aliphatic rings. The van der Waals surface area contributed by atoms with Gasteiger partial charge in [-0.2, -0.15) is 0 Å². The summed E-state index contributed by atoms with van der Waals surface area (Å²) < 4.78 is 2.07. The Hall–Kier alpha value is -3.54. The normalized spacial score (nSPS) is 11.7. The molecular formula is C22H24N4O2. The largest absolute Gasteiger partial charge is 0.351 e. The van der Waals surface area contributed by atoms with E-state index in [-0.39, 0.29) is 11.9 Å². The maximum atomic E-state index is 12.9. The zero-order valence-electron chi connectivity index (χ0n) is 16.2. The number of anilines is 1. The summed E-state index contributed by atoms with van der Waals surface area (Å²) in [5.41, 5.74) is 10.2. The van der Waals surface area contributed by atoms with E-state index in [4.69, 9.17) is 5.73 Å². The number of primary amides is 1. The first-order valence-corrected chi connectivity index (χ1v) is 9.08. The van der Waals surface area contributed by atoms with Crippen molar-refractivity contribution in [1.82, 2.24) is 9.88 Å². The van der Waals surface area contributed by atoms with Crippen molar-refractivity contribution in [1.29, 1.82) is 0 Å². The highest BCUT2D eigenvalue weighted by molar-refractivity contribution is 5.96. The van der Waals surface area contributed by atoms with Crippen LogP contribution in [-0.4, -0.2) is 16.5 Å². The van der Waals surface area contributed by atoms with Crippen LogP contribution in [0.15, 0.2) is 60.7 Å². The SMILES string of the molecule is Cc1cc(C(=O)NC(C)c2ccc(NC(N)=O)cc2)c(C)n1-c1ccccc1. The van der Waals surface area contributed by atoms with Gasteiger partial charge in [0.25, 0.3) is 5.91 Å². The van der Waals surface area contributed by atoms with Crippen LogP contribution in [0.5, 0.6) is 0 Å². The van der Waals surface area contributed by atoms with Crippen molar-refractivity contribution in [2.24, 2.45) is 5.73 Å². The number of nitrogens with zero attached hydrogens (tertiary/aromatic N) is 1. The number of urea groups is 1. The molecule has 28 heavy (non-hydrogen) atoms. The van der Waals surface area contributed by atoms with Gasteiger partial charge < -0.3 is 20.9 Å². The first-order valence-electron chi connectivity index (χ1n) is 9.08. The first-order chi connectivity index (χ1) is 13.4. The van der Waals surface area contributed by atoms with E-state index >= 15 is 0 Å². The first kappa shape index (κ1) is 19.2. The van der Waals surface area contributed by atoms with Crippen LogP contribution in [0.2, 0.25) is 0 Å². The minimum atomic E-state index is -0.608. The highest BCUT2D eigenvalue weighted by Gasteiger charge is 2.18. The van der Waals surface area contributed by atoms with Gasteiger partial charge in [0.15, 0.2) is 0 Å². The molecule has 0 spiro atoms. The fourth-order valence-electron chi connectivity index (χ4n) is 3.32. The Morgan fingerprint density at radius 1 is 1.00 bits per heavy atom. The van der Waals surface area contributed by atoms with Gasteiger partial charge in [-0.3, -0.25) is 4.79 Å². The zero-order chi connectivity index (χ0) is 20.3. The standard InChI is InChI=1S/C22H24N4O2/c1-14-13-20(16(3)26(14)19-7-5-4-6-8-19)21(27)24-15(2)17-9-11-18(12-10-17)25-22(23)28/h4-13,15H,1-3H3,(H,24,27)(H3,23,25,28). The van der Waals surface area contributed by atoms with Gasteiger partial charge in [0, 0.05) is 22.8 Å². The third-order valence-corrected chi connectivity index (χ3v) is 4.72. The van der Waals surface area contributed by atoms with Crippen molar-refractivity contribution in [3.8, 4) is 5.69 Å². The molecular weight excluding hydrogens is 352 g/mol. The number of aryl methyl sites for hydroxylation is 1. The van der Waals surface area contributed by atoms with Gasteiger partial charge in [-0.25, -0.2) is 4.79 Å². The van der Waals surface area contributed by atoms with Gasteiger partial charge in [-0.1, -0.05) is 30.3 Å². The van der Waals surface area contributed by atoms with Crippen LogP contribution in [0.4, 0.5) is 10.5 Å². The minimum Gasteiger partial charge on any atom is -0.351 e.